The Morgan fingerprint density at radius 3 is 2.62 bits per heavy atom. The number of aliphatic hydroxyl groups excluding tert-OH is 1. The highest BCUT2D eigenvalue weighted by molar-refractivity contribution is 6.30. The Hall–Kier alpha value is -2.18. The van der Waals surface area contributed by atoms with Gasteiger partial charge in [0.2, 0.25) is 0 Å². The number of hydrogen-bond donors (Lipinski definition) is 3. The van der Waals surface area contributed by atoms with Gasteiger partial charge in [-0.05, 0) is 19.1 Å². The molecule has 0 saturated carbocycles. The third-order valence-electron chi connectivity index (χ3n) is 2.96. The molecule has 7 heteroatoms. The van der Waals surface area contributed by atoms with E-state index in [1.165, 1.54) is 13.0 Å². The highest BCUT2D eigenvalue weighted by Gasteiger charge is 2.26. The fourth-order valence-corrected chi connectivity index (χ4v) is 2.14. The summed E-state index contributed by atoms with van der Waals surface area (Å²) in [6.07, 6.45) is -1.23. The normalized spacial score (nSPS) is 13.7. The smallest absolute Gasteiger partial charge is 0.328 e. The third kappa shape index (κ3) is 3.29. The van der Waals surface area contributed by atoms with Gasteiger partial charge in [0.25, 0.3) is 5.91 Å². The molecular formula is C14H13ClN2O4. The second-order valence-electron chi connectivity index (χ2n) is 4.54. The Balaban J connectivity index is 2.42. The topological polar surface area (TPSA) is 99.5 Å². The molecule has 110 valence electrons. The van der Waals surface area contributed by atoms with Crippen molar-refractivity contribution in [3.8, 4) is 0 Å². The van der Waals surface area contributed by atoms with E-state index < -0.39 is 24.0 Å². The van der Waals surface area contributed by atoms with Gasteiger partial charge in [0.15, 0.2) is 6.04 Å². The van der Waals surface area contributed by atoms with Gasteiger partial charge < -0.3 is 15.5 Å². The van der Waals surface area contributed by atoms with Crippen LogP contribution in [-0.4, -0.2) is 39.2 Å². The van der Waals surface area contributed by atoms with E-state index in [4.69, 9.17) is 16.7 Å². The van der Waals surface area contributed by atoms with Crippen LogP contribution in [0.2, 0.25) is 5.15 Å². The predicted molar refractivity (Wildman–Crippen MR) is 77.3 cm³/mol. The van der Waals surface area contributed by atoms with Crippen molar-refractivity contribution in [2.75, 3.05) is 0 Å². The van der Waals surface area contributed by atoms with E-state index in [0.717, 1.165) is 0 Å². The number of fused-ring (bicyclic) bond motifs is 1. The molecule has 0 spiro atoms. The second-order valence-corrected chi connectivity index (χ2v) is 4.93. The first-order valence-electron chi connectivity index (χ1n) is 6.17. The highest BCUT2D eigenvalue weighted by Crippen LogP contribution is 2.20. The number of benzene rings is 1. The van der Waals surface area contributed by atoms with Gasteiger partial charge in [-0.25, -0.2) is 9.78 Å². The van der Waals surface area contributed by atoms with Gasteiger partial charge in [-0.1, -0.05) is 29.8 Å². The lowest BCUT2D eigenvalue weighted by Crippen LogP contribution is -2.47. The van der Waals surface area contributed by atoms with Crippen LogP contribution in [0.1, 0.15) is 17.3 Å². The Morgan fingerprint density at radius 1 is 1.33 bits per heavy atom. The van der Waals surface area contributed by atoms with Crippen molar-refractivity contribution in [2.45, 2.75) is 19.1 Å². The van der Waals surface area contributed by atoms with Crippen LogP contribution in [0.4, 0.5) is 0 Å². The molecule has 0 saturated heterocycles. The summed E-state index contributed by atoms with van der Waals surface area (Å²) in [4.78, 5) is 27.4. The number of hydrogen-bond acceptors (Lipinski definition) is 4. The average molecular weight is 309 g/mol. The molecular weight excluding hydrogens is 296 g/mol. The van der Waals surface area contributed by atoms with Crippen LogP contribution in [0.3, 0.4) is 0 Å². The van der Waals surface area contributed by atoms with Gasteiger partial charge in [-0.15, -0.1) is 0 Å². The minimum atomic E-state index is -1.40. The summed E-state index contributed by atoms with van der Waals surface area (Å²) in [7, 11) is 0. The standard InChI is InChI=1S/C14H13ClN2O4/c1-7(18)12(14(20)21)17-13(19)9-6-11(15)16-10-5-3-2-4-8(9)10/h2-7,12,18H,1H3,(H,17,19)(H,20,21)/t7-,12+/m1/s1. The molecule has 2 aromatic rings. The third-order valence-corrected chi connectivity index (χ3v) is 3.16. The first-order chi connectivity index (χ1) is 9.90. The molecule has 0 aliphatic rings. The molecule has 0 unspecified atom stereocenters. The maximum Gasteiger partial charge on any atom is 0.328 e. The monoisotopic (exact) mass is 308 g/mol. The van der Waals surface area contributed by atoms with Crippen molar-refractivity contribution in [3.63, 3.8) is 0 Å². The number of nitrogens with zero attached hydrogens (tertiary/aromatic N) is 1. The maximum absolute atomic E-state index is 12.3. The Kier molecular flexibility index (Phi) is 4.40. The van der Waals surface area contributed by atoms with E-state index in [1.807, 2.05) is 0 Å². The number of amides is 1. The van der Waals surface area contributed by atoms with Gasteiger partial charge in [0.1, 0.15) is 5.15 Å². The summed E-state index contributed by atoms with van der Waals surface area (Å²) in [6.45, 7) is 1.29. The average Bonchev–Trinajstić information content (AvgIpc) is 2.42. The number of carbonyl (C=O) groups is 2. The molecule has 1 amide bonds. The van der Waals surface area contributed by atoms with E-state index in [9.17, 15) is 14.7 Å². The fraction of sp³-hybridized carbons (Fsp3) is 0.214. The number of nitrogens with one attached hydrogen (secondary N) is 1. The molecule has 0 fully saturated rings. The zero-order valence-corrected chi connectivity index (χ0v) is 11.8. The predicted octanol–water partition coefficient (Wildman–Crippen LogP) is 1.45. The molecule has 0 aliphatic carbocycles. The molecule has 21 heavy (non-hydrogen) atoms. The van der Waals surface area contributed by atoms with E-state index in [1.54, 1.807) is 24.3 Å². The first-order valence-corrected chi connectivity index (χ1v) is 6.55. The lowest BCUT2D eigenvalue weighted by atomic mass is 10.1. The molecule has 1 aromatic heterocycles. The van der Waals surface area contributed by atoms with Gasteiger partial charge in [0.05, 0.1) is 17.2 Å². The number of halogens is 1. The maximum atomic E-state index is 12.3. The Bertz CT molecular complexity index is 702. The second kappa shape index (κ2) is 6.07. The zero-order valence-electron chi connectivity index (χ0n) is 11.1. The van der Waals surface area contributed by atoms with Crippen molar-refractivity contribution in [1.29, 1.82) is 0 Å². The SMILES string of the molecule is C[C@@H](O)[C@H](NC(=O)c1cc(Cl)nc2ccccc12)C(=O)O. The van der Waals surface area contributed by atoms with E-state index >= 15 is 0 Å². The number of rotatable bonds is 4. The molecule has 3 N–H and O–H groups in total. The minimum Gasteiger partial charge on any atom is -0.480 e. The fourth-order valence-electron chi connectivity index (χ4n) is 1.94. The van der Waals surface area contributed by atoms with Crippen LogP contribution in [0.15, 0.2) is 30.3 Å². The highest BCUT2D eigenvalue weighted by atomic mass is 35.5. The number of carbonyl (C=O) groups excluding carboxylic acids is 1. The Morgan fingerprint density at radius 2 is 2.00 bits per heavy atom. The summed E-state index contributed by atoms with van der Waals surface area (Å²) in [5.41, 5.74) is 0.733. The number of aliphatic carboxylic acids is 1. The van der Waals surface area contributed by atoms with Gasteiger partial charge in [-0.3, -0.25) is 4.79 Å². The largest absolute Gasteiger partial charge is 0.480 e. The lowest BCUT2D eigenvalue weighted by Gasteiger charge is -2.17. The molecule has 0 aliphatic heterocycles. The molecule has 6 nitrogen and oxygen atoms in total. The molecule has 2 atom stereocenters. The van der Waals surface area contributed by atoms with Crippen LogP contribution in [0.25, 0.3) is 10.9 Å². The van der Waals surface area contributed by atoms with E-state index in [0.29, 0.717) is 10.9 Å². The number of pyridine rings is 1. The molecule has 1 heterocycles. The number of carboxylic acid groups (broad SMARTS) is 1. The van der Waals surface area contributed by atoms with Crippen molar-refractivity contribution >= 4 is 34.4 Å². The van der Waals surface area contributed by atoms with Crippen LogP contribution in [0, 0.1) is 0 Å². The minimum absolute atomic E-state index is 0.128. The van der Waals surface area contributed by atoms with Crippen LogP contribution in [0.5, 0.6) is 0 Å². The van der Waals surface area contributed by atoms with Crippen molar-refractivity contribution in [3.05, 3.63) is 41.0 Å². The summed E-state index contributed by atoms with van der Waals surface area (Å²) in [6, 6.07) is 6.83. The number of para-hydroxylation sites is 1. The van der Waals surface area contributed by atoms with Crippen molar-refractivity contribution in [2.24, 2.45) is 0 Å². The molecule has 1 aromatic carbocycles. The van der Waals surface area contributed by atoms with Crippen LogP contribution < -0.4 is 5.32 Å². The lowest BCUT2D eigenvalue weighted by molar-refractivity contribution is -0.141. The first kappa shape index (κ1) is 15.2. The summed E-state index contributed by atoms with van der Waals surface area (Å²) < 4.78 is 0. The summed E-state index contributed by atoms with van der Waals surface area (Å²) >= 11 is 5.87. The number of aliphatic hydroxyl groups is 1. The molecule has 0 radical (unpaired) electrons. The zero-order chi connectivity index (χ0) is 15.6. The summed E-state index contributed by atoms with van der Waals surface area (Å²) in [5.74, 6) is -1.95. The van der Waals surface area contributed by atoms with Gasteiger partial charge in [0, 0.05) is 5.39 Å². The van der Waals surface area contributed by atoms with E-state index in [-0.39, 0.29) is 10.7 Å². The number of aromatic nitrogens is 1. The van der Waals surface area contributed by atoms with Crippen molar-refractivity contribution < 1.29 is 19.8 Å². The molecule has 2 rings (SSSR count). The van der Waals surface area contributed by atoms with Gasteiger partial charge in [-0.2, -0.15) is 0 Å². The van der Waals surface area contributed by atoms with Crippen molar-refractivity contribution in [1.82, 2.24) is 10.3 Å². The quantitative estimate of drug-likeness (QED) is 0.742. The van der Waals surface area contributed by atoms with Crippen LogP contribution in [-0.2, 0) is 4.79 Å². The molecule has 0 bridgehead atoms. The van der Waals surface area contributed by atoms with Crippen LogP contribution >= 0.6 is 11.6 Å². The Labute approximate surface area is 125 Å². The summed E-state index contributed by atoms with van der Waals surface area (Å²) in [5, 5.41) is 21.4. The van der Waals surface area contributed by atoms with E-state index in [2.05, 4.69) is 10.3 Å². The number of carboxylic acids is 1. The van der Waals surface area contributed by atoms with Gasteiger partial charge >= 0.3 is 5.97 Å².